The van der Waals surface area contributed by atoms with E-state index in [0.29, 0.717) is 12.8 Å². The number of nitrogens with zero attached hydrogens (tertiary/aromatic N) is 1. The smallest absolute Gasteiger partial charge is 0.321 e. The SMILES string of the molecule is CN(C(=O)Nc1cccc2ccccc12)C1CCS(=O)(=O)CC1. The summed E-state index contributed by atoms with van der Waals surface area (Å²) in [6.45, 7) is 0. The zero-order valence-electron chi connectivity index (χ0n) is 13.0. The monoisotopic (exact) mass is 332 g/mol. The van der Waals surface area contributed by atoms with Crippen molar-refractivity contribution in [3.05, 3.63) is 42.5 Å². The summed E-state index contributed by atoms with van der Waals surface area (Å²) >= 11 is 0. The van der Waals surface area contributed by atoms with Crippen LogP contribution in [0.15, 0.2) is 42.5 Å². The van der Waals surface area contributed by atoms with E-state index in [1.54, 1.807) is 11.9 Å². The number of urea groups is 1. The third kappa shape index (κ3) is 3.47. The number of anilines is 1. The Morgan fingerprint density at radius 3 is 2.48 bits per heavy atom. The number of carbonyl (C=O) groups excluding carboxylic acids is 1. The van der Waals surface area contributed by atoms with E-state index in [4.69, 9.17) is 0 Å². The fourth-order valence-corrected chi connectivity index (χ4v) is 4.44. The largest absolute Gasteiger partial charge is 0.325 e. The Kier molecular flexibility index (Phi) is 4.26. The van der Waals surface area contributed by atoms with Crippen LogP contribution in [-0.4, -0.2) is 43.9 Å². The Hall–Kier alpha value is -2.08. The molecule has 1 aliphatic rings. The number of hydrogen-bond acceptors (Lipinski definition) is 3. The van der Waals surface area contributed by atoms with Crippen LogP contribution in [0.1, 0.15) is 12.8 Å². The molecule has 2 amide bonds. The van der Waals surface area contributed by atoms with E-state index in [2.05, 4.69) is 5.32 Å². The predicted octanol–water partition coefficient (Wildman–Crippen LogP) is 2.88. The predicted molar refractivity (Wildman–Crippen MR) is 92.4 cm³/mol. The molecule has 0 atom stereocenters. The summed E-state index contributed by atoms with van der Waals surface area (Å²) in [5, 5.41) is 5.00. The van der Waals surface area contributed by atoms with E-state index >= 15 is 0 Å². The molecule has 0 bridgehead atoms. The van der Waals surface area contributed by atoms with Crippen LogP contribution in [-0.2, 0) is 9.84 Å². The van der Waals surface area contributed by atoms with Gasteiger partial charge in [-0.1, -0.05) is 36.4 Å². The van der Waals surface area contributed by atoms with Crippen molar-refractivity contribution in [3.63, 3.8) is 0 Å². The first-order valence-electron chi connectivity index (χ1n) is 7.68. The molecule has 122 valence electrons. The van der Waals surface area contributed by atoms with Crippen LogP contribution in [0.4, 0.5) is 10.5 Å². The highest BCUT2D eigenvalue weighted by atomic mass is 32.2. The lowest BCUT2D eigenvalue weighted by molar-refractivity contribution is 0.199. The van der Waals surface area contributed by atoms with Gasteiger partial charge in [0.15, 0.2) is 0 Å². The second kappa shape index (κ2) is 6.20. The van der Waals surface area contributed by atoms with Crippen LogP contribution in [0.5, 0.6) is 0 Å². The zero-order valence-corrected chi connectivity index (χ0v) is 13.8. The molecule has 3 rings (SSSR count). The first kappa shape index (κ1) is 15.8. The maximum absolute atomic E-state index is 12.5. The third-order valence-electron chi connectivity index (χ3n) is 4.42. The average Bonchev–Trinajstić information content (AvgIpc) is 2.54. The number of nitrogens with one attached hydrogen (secondary N) is 1. The van der Waals surface area contributed by atoms with Crippen molar-refractivity contribution in [1.82, 2.24) is 4.90 Å². The summed E-state index contributed by atoms with van der Waals surface area (Å²) in [5.74, 6) is 0.313. The molecule has 0 saturated carbocycles. The lowest BCUT2D eigenvalue weighted by Gasteiger charge is -2.31. The summed E-state index contributed by atoms with van der Waals surface area (Å²) in [6.07, 6.45) is 1.00. The summed E-state index contributed by atoms with van der Waals surface area (Å²) in [5.41, 5.74) is 0.767. The van der Waals surface area contributed by atoms with Crippen molar-refractivity contribution < 1.29 is 13.2 Å². The van der Waals surface area contributed by atoms with E-state index in [0.717, 1.165) is 16.5 Å². The van der Waals surface area contributed by atoms with Crippen molar-refractivity contribution in [2.24, 2.45) is 0 Å². The summed E-state index contributed by atoms with van der Waals surface area (Å²) in [6, 6.07) is 13.4. The van der Waals surface area contributed by atoms with Crippen LogP contribution in [0.25, 0.3) is 10.8 Å². The standard InChI is InChI=1S/C17H20N2O3S/c1-19(14-9-11-23(21,22)12-10-14)17(20)18-16-8-4-6-13-5-2-3-7-15(13)16/h2-8,14H,9-12H2,1H3,(H,18,20). The van der Waals surface area contributed by atoms with Gasteiger partial charge in [0.25, 0.3) is 0 Å². The molecule has 0 aromatic heterocycles. The first-order chi connectivity index (χ1) is 11.0. The molecule has 2 aromatic carbocycles. The van der Waals surface area contributed by atoms with Crippen molar-refractivity contribution in [2.75, 3.05) is 23.9 Å². The Labute approximate surface area is 136 Å². The van der Waals surface area contributed by atoms with Crippen LogP contribution < -0.4 is 5.32 Å². The van der Waals surface area contributed by atoms with Gasteiger partial charge in [0.2, 0.25) is 0 Å². The number of carbonyl (C=O) groups is 1. The lowest BCUT2D eigenvalue weighted by atomic mass is 10.1. The molecule has 6 heteroatoms. The highest BCUT2D eigenvalue weighted by Crippen LogP contribution is 2.24. The molecule has 1 saturated heterocycles. The highest BCUT2D eigenvalue weighted by Gasteiger charge is 2.28. The number of benzene rings is 2. The number of hydrogen-bond donors (Lipinski definition) is 1. The van der Waals surface area contributed by atoms with Gasteiger partial charge in [0.1, 0.15) is 9.84 Å². The molecule has 0 aliphatic carbocycles. The molecule has 5 nitrogen and oxygen atoms in total. The number of fused-ring (bicyclic) bond motifs is 1. The molecule has 1 aliphatic heterocycles. The van der Waals surface area contributed by atoms with E-state index in [-0.39, 0.29) is 23.6 Å². The zero-order chi connectivity index (χ0) is 16.4. The summed E-state index contributed by atoms with van der Waals surface area (Å²) < 4.78 is 23.0. The minimum atomic E-state index is -2.92. The van der Waals surface area contributed by atoms with Crippen molar-refractivity contribution in [1.29, 1.82) is 0 Å². The third-order valence-corrected chi connectivity index (χ3v) is 6.14. The van der Waals surface area contributed by atoms with Gasteiger partial charge in [-0.25, -0.2) is 13.2 Å². The van der Waals surface area contributed by atoms with E-state index in [1.807, 2.05) is 42.5 Å². The average molecular weight is 332 g/mol. The topological polar surface area (TPSA) is 66.5 Å². The fourth-order valence-electron chi connectivity index (χ4n) is 2.97. The van der Waals surface area contributed by atoms with Gasteiger partial charge in [0, 0.05) is 18.5 Å². The minimum Gasteiger partial charge on any atom is -0.325 e. The molecule has 1 fully saturated rings. The van der Waals surface area contributed by atoms with E-state index in [1.165, 1.54) is 0 Å². The molecule has 2 aromatic rings. The van der Waals surface area contributed by atoms with Crippen LogP contribution >= 0.6 is 0 Å². The molecular formula is C17H20N2O3S. The van der Waals surface area contributed by atoms with Gasteiger partial charge in [0.05, 0.1) is 17.2 Å². The minimum absolute atomic E-state index is 0.0338. The normalized spacial score (nSPS) is 17.8. The lowest BCUT2D eigenvalue weighted by Crippen LogP contribution is -2.44. The number of rotatable bonds is 2. The van der Waals surface area contributed by atoms with Crippen LogP contribution in [0, 0.1) is 0 Å². The molecule has 1 N–H and O–H groups in total. The number of amides is 2. The molecular weight excluding hydrogens is 312 g/mol. The summed E-state index contributed by atoms with van der Waals surface area (Å²) in [4.78, 5) is 14.1. The van der Waals surface area contributed by atoms with Crippen LogP contribution in [0.2, 0.25) is 0 Å². The Morgan fingerprint density at radius 2 is 1.74 bits per heavy atom. The molecule has 0 spiro atoms. The van der Waals surface area contributed by atoms with Gasteiger partial charge in [-0.15, -0.1) is 0 Å². The van der Waals surface area contributed by atoms with E-state index in [9.17, 15) is 13.2 Å². The van der Waals surface area contributed by atoms with Crippen molar-refractivity contribution in [2.45, 2.75) is 18.9 Å². The van der Waals surface area contributed by atoms with Gasteiger partial charge in [-0.05, 0) is 24.3 Å². The number of sulfone groups is 1. The van der Waals surface area contributed by atoms with E-state index < -0.39 is 9.84 Å². The second-order valence-corrected chi connectivity index (χ2v) is 8.25. The molecule has 0 unspecified atom stereocenters. The van der Waals surface area contributed by atoms with Gasteiger partial charge in [-0.2, -0.15) is 0 Å². The quantitative estimate of drug-likeness (QED) is 0.919. The highest BCUT2D eigenvalue weighted by molar-refractivity contribution is 7.91. The molecule has 0 radical (unpaired) electrons. The maximum Gasteiger partial charge on any atom is 0.321 e. The fraction of sp³-hybridized carbons (Fsp3) is 0.353. The summed E-state index contributed by atoms with van der Waals surface area (Å²) in [7, 11) is -1.20. The second-order valence-electron chi connectivity index (χ2n) is 5.95. The van der Waals surface area contributed by atoms with Crippen molar-refractivity contribution >= 4 is 32.3 Å². The first-order valence-corrected chi connectivity index (χ1v) is 9.50. The van der Waals surface area contributed by atoms with Crippen LogP contribution in [0.3, 0.4) is 0 Å². The van der Waals surface area contributed by atoms with Crippen molar-refractivity contribution in [3.8, 4) is 0 Å². The Morgan fingerprint density at radius 1 is 1.09 bits per heavy atom. The van der Waals surface area contributed by atoms with Gasteiger partial charge >= 0.3 is 6.03 Å². The molecule has 23 heavy (non-hydrogen) atoms. The Balaban J connectivity index is 1.73. The Bertz CT molecular complexity index is 813. The van der Waals surface area contributed by atoms with Gasteiger partial charge in [-0.3, -0.25) is 0 Å². The van der Waals surface area contributed by atoms with Gasteiger partial charge < -0.3 is 10.2 Å². The molecule has 1 heterocycles. The maximum atomic E-state index is 12.5.